The molecule has 7 heteroatoms. The van der Waals surface area contributed by atoms with Gasteiger partial charge in [0, 0.05) is 29.2 Å². The predicted octanol–water partition coefficient (Wildman–Crippen LogP) is 0.285. The number of piperidine rings is 1. The Labute approximate surface area is 119 Å². The number of imide groups is 1. The maximum Gasteiger partial charge on any atom is 0.254 e. The van der Waals surface area contributed by atoms with Gasteiger partial charge in [-0.2, -0.15) is 0 Å². The first-order chi connectivity index (χ1) is 10.0. The number of carbonyl (C=O) groups is 3. The normalized spacial score (nSPS) is 18.6. The highest BCUT2D eigenvalue weighted by Crippen LogP contribution is 2.21. The molecule has 1 aliphatic rings. The van der Waals surface area contributed by atoms with Gasteiger partial charge in [-0.05, 0) is 24.6 Å². The number of carbonyl (C=O) groups excluding carboxylic acids is 3. The lowest BCUT2D eigenvalue weighted by Crippen LogP contribution is -2.52. The minimum absolute atomic E-state index is 0.220. The van der Waals surface area contributed by atoms with Crippen molar-refractivity contribution < 1.29 is 14.4 Å². The minimum atomic E-state index is -0.693. The van der Waals surface area contributed by atoms with Gasteiger partial charge in [0.25, 0.3) is 5.91 Å². The third kappa shape index (κ3) is 2.45. The van der Waals surface area contributed by atoms with E-state index in [4.69, 9.17) is 5.73 Å². The van der Waals surface area contributed by atoms with Crippen LogP contribution in [0.4, 0.5) is 5.69 Å². The van der Waals surface area contributed by atoms with E-state index in [2.05, 4.69) is 15.6 Å². The van der Waals surface area contributed by atoms with Crippen molar-refractivity contribution in [3.8, 4) is 0 Å². The Morgan fingerprint density at radius 2 is 2.14 bits per heavy atom. The summed E-state index contributed by atoms with van der Waals surface area (Å²) in [6.07, 6.45) is 2.10. The number of rotatable bonds is 2. The molecule has 1 aromatic carbocycles. The average Bonchev–Trinajstić information content (AvgIpc) is 2.85. The maximum absolute atomic E-state index is 12.3. The van der Waals surface area contributed by atoms with Gasteiger partial charge < -0.3 is 16.0 Å². The van der Waals surface area contributed by atoms with Crippen LogP contribution >= 0.6 is 0 Å². The summed E-state index contributed by atoms with van der Waals surface area (Å²) in [5.74, 6) is -1.16. The van der Waals surface area contributed by atoms with Gasteiger partial charge in [-0.15, -0.1) is 0 Å². The van der Waals surface area contributed by atoms with Gasteiger partial charge in [-0.25, -0.2) is 0 Å². The first kappa shape index (κ1) is 13.2. The van der Waals surface area contributed by atoms with Gasteiger partial charge >= 0.3 is 0 Å². The molecule has 2 heterocycles. The smallest absolute Gasteiger partial charge is 0.254 e. The number of nitrogen functional groups attached to an aromatic ring is 1. The number of fused-ring (bicyclic) bond motifs is 1. The molecule has 5 N–H and O–H groups in total. The van der Waals surface area contributed by atoms with E-state index >= 15 is 0 Å². The summed E-state index contributed by atoms with van der Waals surface area (Å²) in [6, 6.07) is 4.53. The Bertz CT molecular complexity index is 750. The number of H-pyrrole nitrogens is 1. The number of aromatic nitrogens is 1. The molecule has 3 rings (SSSR count). The van der Waals surface area contributed by atoms with Gasteiger partial charge in [0.15, 0.2) is 0 Å². The van der Waals surface area contributed by atoms with Crippen LogP contribution in [0.15, 0.2) is 24.4 Å². The summed E-state index contributed by atoms with van der Waals surface area (Å²) in [4.78, 5) is 38.0. The summed E-state index contributed by atoms with van der Waals surface area (Å²) in [6.45, 7) is 0. The Hall–Kier alpha value is -2.83. The van der Waals surface area contributed by atoms with E-state index < -0.39 is 11.9 Å². The van der Waals surface area contributed by atoms with Crippen molar-refractivity contribution in [3.63, 3.8) is 0 Å². The predicted molar refractivity (Wildman–Crippen MR) is 76.3 cm³/mol. The van der Waals surface area contributed by atoms with Gasteiger partial charge in [0.1, 0.15) is 6.04 Å². The molecule has 0 radical (unpaired) electrons. The number of benzene rings is 1. The second-order valence-corrected chi connectivity index (χ2v) is 4.98. The molecule has 0 aliphatic carbocycles. The zero-order valence-electron chi connectivity index (χ0n) is 11.1. The summed E-state index contributed by atoms with van der Waals surface area (Å²) in [5, 5.41) is 5.54. The molecule has 3 amide bonds. The Morgan fingerprint density at radius 3 is 2.90 bits per heavy atom. The van der Waals surface area contributed by atoms with E-state index in [0.717, 1.165) is 5.52 Å². The van der Waals surface area contributed by atoms with E-state index in [1.807, 2.05) is 0 Å². The third-order valence-electron chi connectivity index (χ3n) is 3.49. The number of nitrogens with one attached hydrogen (secondary N) is 3. The fraction of sp³-hybridized carbons (Fsp3) is 0.214. The van der Waals surface area contributed by atoms with Crippen molar-refractivity contribution in [1.82, 2.24) is 15.6 Å². The Balaban J connectivity index is 1.82. The van der Waals surface area contributed by atoms with E-state index in [9.17, 15) is 14.4 Å². The largest absolute Gasteiger partial charge is 0.399 e. The monoisotopic (exact) mass is 286 g/mol. The van der Waals surface area contributed by atoms with Gasteiger partial charge in [0.2, 0.25) is 11.8 Å². The van der Waals surface area contributed by atoms with Crippen molar-refractivity contribution >= 4 is 34.3 Å². The molecular weight excluding hydrogens is 272 g/mol. The van der Waals surface area contributed by atoms with Crippen LogP contribution in [-0.2, 0) is 9.59 Å². The molecular formula is C14H14N4O3. The second-order valence-electron chi connectivity index (χ2n) is 4.98. The standard InChI is InChI=1S/C14H14N4O3/c15-7-1-2-10-8(5-7)9(6-16-10)13(20)17-11-3-4-12(19)18-14(11)21/h1-2,5-6,11,16H,3-4,15H2,(H,17,20)(H,18,19,21). The third-order valence-corrected chi connectivity index (χ3v) is 3.49. The van der Waals surface area contributed by atoms with Crippen molar-refractivity contribution in [2.75, 3.05) is 5.73 Å². The molecule has 2 aromatic rings. The molecule has 7 nitrogen and oxygen atoms in total. The number of hydrogen-bond donors (Lipinski definition) is 4. The zero-order chi connectivity index (χ0) is 15.0. The molecule has 1 aliphatic heterocycles. The number of nitrogens with two attached hydrogens (primary N) is 1. The topological polar surface area (TPSA) is 117 Å². The fourth-order valence-electron chi connectivity index (χ4n) is 2.39. The van der Waals surface area contributed by atoms with Gasteiger partial charge in [0.05, 0.1) is 5.56 Å². The molecule has 1 saturated heterocycles. The number of amides is 3. The summed E-state index contributed by atoms with van der Waals surface area (Å²) >= 11 is 0. The Kier molecular flexibility index (Phi) is 3.09. The van der Waals surface area contributed by atoms with Crippen molar-refractivity contribution in [3.05, 3.63) is 30.0 Å². The lowest BCUT2D eigenvalue weighted by Gasteiger charge is -2.21. The van der Waals surface area contributed by atoms with Crippen molar-refractivity contribution in [2.45, 2.75) is 18.9 Å². The quantitative estimate of drug-likeness (QED) is 0.468. The number of aromatic amines is 1. The van der Waals surface area contributed by atoms with Gasteiger partial charge in [-0.1, -0.05) is 0 Å². The first-order valence-electron chi connectivity index (χ1n) is 6.56. The molecule has 0 bridgehead atoms. The van der Waals surface area contributed by atoms with Gasteiger partial charge in [-0.3, -0.25) is 19.7 Å². The molecule has 0 spiro atoms. The molecule has 1 fully saturated rings. The van der Waals surface area contributed by atoms with Crippen LogP contribution in [-0.4, -0.2) is 28.7 Å². The molecule has 1 atom stereocenters. The molecule has 108 valence electrons. The van der Waals surface area contributed by atoms with Crippen LogP contribution in [0.3, 0.4) is 0 Å². The Morgan fingerprint density at radius 1 is 1.33 bits per heavy atom. The summed E-state index contributed by atoms with van der Waals surface area (Å²) in [5.41, 5.74) is 7.49. The lowest BCUT2D eigenvalue weighted by atomic mass is 10.1. The molecule has 1 aromatic heterocycles. The zero-order valence-corrected chi connectivity index (χ0v) is 11.1. The first-order valence-corrected chi connectivity index (χ1v) is 6.56. The lowest BCUT2D eigenvalue weighted by molar-refractivity contribution is -0.134. The van der Waals surface area contributed by atoms with E-state index in [1.54, 1.807) is 24.4 Å². The van der Waals surface area contributed by atoms with Crippen LogP contribution in [0.1, 0.15) is 23.2 Å². The highest BCUT2D eigenvalue weighted by atomic mass is 16.2. The summed E-state index contributed by atoms with van der Waals surface area (Å²) in [7, 11) is 0. The van der Waals surface area contributed by atoms with Crippen LogP contribution < -0.4 is 16.4 Å². The van der Waals surface area contributed by atoms with Crippen LogP contribution in [0.25, 0.3) is 10.9 Å². The highest BCUT2D eigenvalue weighted by molar-refractivity contribution is 6.09. The van der Waals surface area contributed by atoms with Crippen LogP contribution in [0.2, 0.25) is 0 Å². The van der Waals surface area contributed by atoms with Crippen molar-refractivity contribution in [2.24, 2.45) is 0 Å². The number of hydrogen-bond acceptors (Lipinski definition) is 4. The van der Waals surface area contributed by atoms with Crippen molar-refractivity contribution in [1.29, 1.82) is 0 Å². The van der Waals surface area contributed by atoms with E-state index in [-0.39, 0.29) is 18.2 Å². The van der Waals surface area contributed by atoms with E-state index in [1.165, 1.54) is 0 Å². The van der Waals surface area contributed by atoms with Crippen LogP contribution in [0, 0.1) is 0 Å². The fourth-order valence-corrected chi connectivity index (χ4v) is 2.39. The highest BCUT2D eigenvalue weighted by Gasteiger charge is 2.28. The molecule has 21 heavy (non-hydrogen) atoms. The minimum Gasteiger partial charge on any atom is -0.399 e. The average molecular weight is 286 g/mol. The molecule has 1 unspecified atom stereocenters. The van der Waals surface area contributed by atoms with E-state index in [0.29, 0.717) is 23.1 Å². The van der Waals surface area contributed by atoms with Crippen LogP contribution in [0.5, 0.6) is 0 Å². The summed E-state index contributed by atoms with van der Waals surface area (Å²) < 4.78 is 0. The molecule has 0 saturated carbocycles. The second kappa shape index (κ2) is 4.93. The maximum atomic E-state index is 12.3. The SMILES string of the molecule is Nc1ccc2[nH]cc(C(=O)NC3CCC(=O)NC3=O)c2c1. The number of anilines is 1.